The van der Waals surface area contributed by atoms with Crippen LogP contribution in [0, 0.1) is 18.3 Å². The van der Waals surface area contributed by atoms with E-state index in [4.69, 9.17) is 14.2 Å². The van der Waals surface area contributed by atoms with E-state index in [1.807, 2.05) is 19.1 Å². The van der Waals surface area contributed by atoms with Crippen LogP contribution >= 0.6 is 0 Å². The second-order valence-corrected chi connectivity index (χ2v) is 8.19. The third-order valence-electron chi connectivity index (χ3n) is 5.97. The van der Waals surface area contributed by atoms with Gasteiger partial charge in [-0.15, -0.1) is 0 Å². The van der Waals surface area contributed by atoms with Gasteiger partial charge in [0.2, 0.25) is 0 Å². The molecule has 6 nitrogen and oxygen atoms in total. The Labute approximate surface area is 164 Å². The monoisotopic (exact) mass is 383 g/mol. The molecule has 0 N–H and O–H groups in total. The second-order valence-electron chi connectivity index (χ2n) is 8.19. The highest BCUT2D eigenvalue weighted by molar-refractivity contribution is 5.89. The number of carbonyl (C=O) groups excluding carboxylic acids is 1. The Morgan fingerprint density at radius 1 is 1.25 bits per heavy atom. The van der Waals surface area contributed by atoms with E-state index in [9.17, 15) is 9.59 Å². The molecule has 3 unspecified atom stereocenters. The van der Waals surface area contributed by atoms with Gasteiger partial charge in [-0.2, -0.15) is 0 Å². The normalized spacial score (nSPS) is 24.9. The Morgan fingerprint density at radius 3 is 2.79 bits per heavy atom. The van der Waals surface area contributed by atoms with Crippen LogP contribution < -0.4 is 10.3 Å². The summed E-state index contributed by atoms with van der Waals surface area (Å²) >= 11 is 0. The number of hydrogen-bond donors (Lipinski definition) is 0. The second kappa shape index (κ2) is 6.78. The quantitative estimate of drug-likeness (QED) is 0.759. The van der Waals surface area contributed by atoms with Crippen LogP contribution in [-0.4, -0.2) is 36.5 Å². The van der Waals surface area contributed by atoms with Crippen molar-refractivity contribution in [2.45, 2.75) is 39.4 Å². The van der Waals surface area contributed by atoms with Gasteiger partial charge in [0.1, 0.15) is 11.9 Å². The molecule has 0 spiro atoms. The first-order chi connectivity index (χ1) is 13.3. The minimum Gasteiger partial charge on any atom is -0.495 e. The van der Waals surface area contributed by atoms with E-state index in [0.29, 0.717) is 23.6 Å². The van der Waals surface area contributed by atoms with Crippen LogP contribution in [0.1, 0.15) is 36.2 Å². The number of carbonyl (C=O) groups is 1. The minimum absolute atomic E-state index is 0.149. The maximum atomic E-state index is 12.8. The Hall–Kier alpha value is -2.60. The predicted octanol–water partition coefficient (Wildman–Crippen LogP) is 3.12. The van der Waals surface area contributed by atoms with Crippen molar-refractivity contribution in [1.29, 1.82) is 0 Å². The number of benzene rings is 1. The van der Waals surface area contributed by atoms with Crippen LogP contribution in [0.15, 0.2) is 41.3 Å². The number of methoxy groups -OCH3 is 1. The molecule has 0 bridgehead atoms. The lowest BCUT2D eigenvalue weighted by Crippen LogP contribution is -2.61. The molecule has 0 radical (unpaired) electrons. The van der Waals surface area contributed by atoms with Gasteiger partial charge in [-0.25, -0.2) is 4.79 Å². The molecule has 148 valence electrons. The highest BCUT2D eigenvalue weighted by Gasteiger charge is 2.61. The van der Waals surface area contributed by atoms with Crippen molar-refractivity contribution in [1.82, 2.24) is 4.57 Å². The first kappa shape index (κ1) is 18.7. The number of pyridine rings is 1. The van der Waals surface area contributed by atoms with Crippen molar-refractivity contribution in [2.24, 2.45) is 11.3 Å². The maximum Gasteiger partial charge on any atom is 0.339 e. The fraction of sp³-hybridized carbons (Fsp3) is 0.455. The molecule has 1 aromatic carbocycles. The third kappa shape index (κ3) is 2.92. The summed E-state index contributed by atoms with van der Waals surface area (Å²) in [6, 6.07) is 8.46. The van der Waals surface area contributed by atoms with Gasteiger partial charge in [-0.05, 0) is 37.1 Å². The number of ether oxygens (including phenoxy) is 3. The van der Waals surface area contributed by atoms with Crippen molar-refractivity contribution < 1.29 is 19.0 Å². The van der Waals surface area contributed by atoms with E-state index in [1.54, 1.807) is 13.2 Å². The topological polar surface area (TPSA) is 66.8 Å². The van der Waals surface area contributed by atoms with Crippen LogP contribution in [-0.2, 0) is 9.47 Å². The van der Waals surface area contributed by atoms with Crippen LogP contribution in [0.3, 0.4) is 0 Å². The molecule has 1 saturated heterocycles. The maximum absolute atomic E-state index is 12.8. The molecule has 1 saturated carbocycles. The summed E-state index contributed by atoms with van der Waals surface area (Å²) in [5.41, 5.74) is 1.47. The Kier molecular flexibility index (Phi) is 4.54. The van der Waals surface area contributed by atoms with E-state index < -0.39 is 5.97 Å². The smallest absolute Gasteiger partial charge is 0.339 e. The highest BCUT2D eigenvalue weighted by Crippen LogP contribution is 2.53. The average Bonchev–Trinajstić information content (AvgIpc) is 3.13. The zero-order chi connectivity index (χ0) is 20.1. The van der Waals surface area contributed by atoms with Gasteiger partial charge >= 0.3 is 5.97 Å². The molecule has 28 heavy (non-hydrogen) atoms. The molecule has 4 rings (SSSR count). The molecule has 1 aromatic heterocycles. The summed E-state index contributed by atoms with van der Waals surface area (Å²) in [4.78, 5) is 25.3. The first-order valence-electron chi connectivity index (χ1n) is 9.53. The molecule has 1 aliphatic carbocycles. The van der Waals surface area contributed by atoms with Crippen LogP contribution in [0.5, 0.6) is 5.75 Å². The molecule has 3 atom stereocenters. The summed E-state index contributed by atoms with van der Waals surface area (Å²) in [7, 11) is 1.55. The van der Waals surface area contributed by atoms with Crippen molar-refractivity contribution in [3.63, 3.8) is 0 Å². The number of aryl methyl sites for hydroxylation is 1. The Balaban J connectivity index is 1.63. The summed E-state index contributed by atoms with van der Waals surface area (Å²) in [6.07, 6.45) is 2.40. The lowest BCUT2D eigenvalue weighted by atomic mass is 9.59. The SMILES string of the molecule is COc1ccc(C)cc1-n1cc(C(=O)OC2C3CCOC3C2(C)C)ccc1=O. The van der Waals surface area contributed by atoms with Gasteiger partial charge in [0.05, 0.1) is 24.5 Å². The van der Waals surface area contributed by atoms with Gasteiger partial charge in [-0.3, -0.25) is 9.36 Å². The lowest BCUT2D eigenvalue weighted by molar-refractivity contribution is -0.183. The van der Waals surface area contributed by atoms with Gasteiger partial charge in [0, 0.05) is 30.2 Å². The molecule has 2 aromatic rings. The van der Waals surface area contributed by atoms with Gasteiger partial charge in [-0.1, -0.05) is 19.9 Å². The fourth-order valence-electron chi connectivity index (χ4n) is 4.48. The largest absolute Gasteiger partial charge is 0.495 e. The number of hydrogen-bond acceptors (Lipinski definition) is 5. The van der Waals surface area contributed by atoms with Gasteiger partial charge in [0.15, 0.2) is 0 Å². The molecule has 2 fully saturated rings. The Morgan fingerprint density at radius 2 is 2.04 bits per heavy atom. The predicted molar refractivity (Wildman–Crippen MR) is 104 cm³/mol. The summed E-state index contributed by atoms with van der Waals surface area (Å²) in [5.74, 6) is 0.384. The van der Waals surface area contributed by atoms with Crippen molar-refractivity contribution >= 4 is 5.97 Å². The Bertz CT molecular complexity index is 977. The summed E-state index contributed by atoms with van der Waals surface area (Å²) in [6.45, 7) is 6.78. The number of rotatable bonds is 4. The van der Waals surface area contributed by atoms with Gasteiger partial charge in [0.25, 0.3) is 5.56 Å². The minimum atomic E-state index is -0.427. The average molecular weight is 383 g/mol. The van der Waals surface area contributed by atoms with Crippen LogP contribution in [0.4, 0.5) is 0 Å². The zero-order valence-electron chi connectivity index (χ0n) is 16.6. The number of fused-ring (bicyclic) bond motifs is 1. The van der Waals surface area contributed by atoms with E-state index in [0.717, 1.165) is 12.0 Å². The van der Waals surface area contributed by atoms with Crippen LogP contribution in [0.25, 0.3) is 5.69 Å². The van der Waals surface area contributed by atoms with Gasteiger partial charge < -0.3 is 14.2 Å². The lowest BCUT2D eigenvalue weighted by Gasteiger charge is -2.53. The van der Waals surface area contributed by atoms with Crippen LogP contribution in [0.2, 0.25) is 0 Å². The third-order valence-corrected chi connectivity index (χ3v) is 5.97. The molecular weight excluding hydrogens is 358 g/mol. The van der Waals surface area contributed by atoms with Crippen molar-refractivity contribution in [3.8, 4) is 11.4 Å². The number of nitrogens with zero attached hydrogens (tertiary/aromatic N) is 1. The molecule has 2 aliphatic rings. The molecule has 2 heterocycles. The summed E-state index contributed by atoms with van der Waals surface area (Å²) < 4.78 is 18.4. The number of aromatic nitrogens is 1. The molecule has 0 amide bonds. The van der Waals surface area contributed by atoms with E-state index >= 15 is 0 Å². The van der Waals surface area contributed by atoms with Crippen molar-refractivity contribution in [2.75, 3.05) is 13.7 Å². The molecule has 1 aliphatic heterocycles. The van der Waals surface area contributed by atoms with E-state index in [1.165, 1.54) is 22.9 Å². The number of esters is 1. The zero-order valence-corrected chi connectivity index (χ0v) is 16.6. The standard InChI is InChI=1S/C22H25NO5/c1-13-5-7-17(26-4)16(11-13)23-12-14(6-8-18(23)24)21(25)28-20-15-9-10-27-19(15)22(20,2)3/h5-8,11-12,15,19-20H,9-10H2,1-4H3. The van der Waals surface area contributed by atoms with E-state index in [-0.39, 0.29) is 29.1 Å². The highest BCUT2D eigenvalue weighted by atomic mass is 16.6. The summed E-state index contributed by atoms with van der Waals surface area (Å²) in [5, 5.41) is 0. The molecular formula is C22H25NO5. The van der Waals surface area contributed by atoms with E-state index in [2.05, 4.69) is 13.8 Å². The van der Waals surface area contributed by atoms with Crippen molar-refractivity contribution in [3.05, 3.63) is 58.0 Å². The molecule has 6 heteroatoms. The fourth-order valence-corrected chi connectivity index (χ4v) is 4.48. The first-order valence-corrected chi connectivity index (χ1v) is 9.53.